The second kappa shape index (κ2) is 8.21. The Morgan fingerprint density at radius 3 is 2.62 bits per heavy atom. The van der Waals surface area contributed by atoms with Crippen LogP contribution in [0.5, 0.6) is 5.75 Å². The molecule has 1 aliphatic heterocycles. The number of imidazole rings is 1. The van der Waals surface area contributed by atoms with Crippen LogP contribution in [-0.2, 0) is 33.9 Å². The number of benzene rings is 1. The second-order valence-electron chi connectivity index (χ2n) is 6.55. The highest BCUT2D eigenvalue weighted by Gasteiger charge is 2.27. The predicted molar refractivity (Wildman–Crippen MR) is 98.2 cm³/mol. The van der Waals surface area contributed by atoms with Crippen molar-refractivity contribution < 1.29 is 33.8 Å². The van der Waals surface area contributed by atoms with Crippen LogP contribution in [0.3, 0.4) is 0 Å². The van der Waals surface area contributed by atoms with Crippen molar-refractivity contribution in [2.24, 2.45) is 0 Å². The van der Waals surface area contributed by atoms with Crippen LogP contribution in [0.4, 0.5) is 4.79 Å². The molecule has 154 valence electrons. The Hall–Kier alpha value is -3.56. The van der Waals surface area contributed by atoms with Gasteiger partial charge in [0, 0.05) is 13.0 Å². The van der Waals surface area contributed by atoms with Gasteiger partial charge in [0.25, 0.3) is 0 Å². The first kappa shape index (κ1) is 20.2. The lowest BCUT2D eigenvalue weighted by atomic mass is 10.0. The number of carbonyl (C=O) groups excluding carboxylic acids is 2. The SMILES string of the molecule is COc1ccc(COC(=O)C(=O)On2cnc3c2CCN(C(=O)O)C3)c(C)c1C. The average Bonchev–Trinajstić information content (AvgIpc) is 3.10. The normalized spacial score (nSPS) is 12.9. The topological polar surface area (TPSA) is 120 Å². The van der Waals surface area contributed by atoms with Crippen LogP contribution in [0.15, 0.2) is 18.5 Å². The minimum absolute atomic E-state index is 0.0831. The van der Waals surface area contributed by atoms with Gasteiger partial charge in [-0.25, -0.2) is 19.4 Å². The number of hydrogen-bond acceptors (Lipinski definition) is 7. The first-order chi connectivity index (χ1) is 13.8. The number of ether oxygens (including phenoxy) is 2. The quantitative estimate of drug-likeness (QED) is 0.598. The Morgan fingerprint density at radius 1 is 1.17 bits per heavy atom. The molecular weight excluding hydrogens is 382 g/mol. The summed E-state index contributed by atoms with van der Waals surface area (Å²) in [5.74, 6) is -1.60. The zero-order valence-electron chi connectivity index (χ0n) is 16.3. The molecule has 10 heteroatoms. The fourth-order valence-electron chi connectivity index (χ4n) is 3.08. The molecule has 1 amide bonds. The van der Waals surface area contributed by atoms with Gasteiger partial charge in [0.1, 0.15) is 18.7 Å². The minimum Gasteiger partial charge on any atom is -0.496 e. The van der Waals surface area contributed by atoms with Crippen LogP contribution < -0.4 is 9.57 Å². The van der Waals surface area contributed by atoms with E-state index in [1.807, 2.05) is 13.8 Å². The highest BCUT2D eigenvalue weighted by molar-refractivity contribution is 6.29. The number of fused-ring (bicyclic) bond motifs is 1. The molecule has 0 aliphatic carbocycles. The van der Waals surface area contributed by atoms with E-state index in [9.17, 15) is 14.4 Å². The molecule has 3 rings (SSSR count). The van der Waals surface area contributed by atoms with Gasteiger partial charge in [0.15, 0.2) is 0 Å². The van der Waals surface area contributed by atoms with Crippen molar-refractivity contribution in [1.82, 2.24) is 14.6 Å². The number of carbonyl (C=O) groups is 3. The zero-order valence-corrected chi connectivity index (χ0v) is 16.3. The van der Waals surface area contributed by atoms with Crippen molar-refractivity contribution in [1.29, 1.82) is 0 Å². The molecule has 2 aromatic rings. The van der Waals surface area contributed by atoms with Crippen molar-refractivity contribution in [3.8, 4) is 5.75 Å². The fourth-order valence-corrected chi connectivity index (χ4v) is 3.08. The fraction of sp³-hybridized carbons (Fsp3) is 0.368. The molecular formula is C19H21N3O7. The number of nitrogens with zero attached hydrogens (tertiary/aromatic N) is 3. The van der Waals surface area contributed by atoms with Gasteiger partial charge in [-0.3, -0.25) is 0 Å². The zero-order chi connectivity index (χ0) is 21.1. The smallest absolute Gasteiger partial charge is 0.442 e. The third kappa shape index (κ3) is 4.15. The number of hydrogen-bond donors (Lipinski definition) is 1. The Bertz CT molecular complexity index is 967. The van der Waals surface area contributed by atoms with Gasteiger partial charge in [0.2, 0.25) is 0 Å². The molecule has 1 aromatic carbocycles. The van der Waals surface area contributed by atoms with Gasteiger partial charge in [0.05, 0.1) is 25.0 Å². The molecule has 10 nitrogen and oxygen atoms in total. The molecule has 0 saturated carbocycles. The van der Waals surface area contributed by atoms with Crippen LogP contribution in [0.25, 0.3) is 0 Å². The van der Waals surface area contributed by atoms with Crippen LogP contribution in [0.1, 0.15) is 28.1 Å². The van der Waals surface area contributed by atoms with Crippen molar-refractivity contribution in [2.45, 2.75) is 33.4 Å². The standard InChI is InChI=1S/C19H21N3O7/c1-11-12(2)16(27-3)5-4-13(11)9-28-17(23)18(24)29-22-10-20-14-8-21(19(25)26)7-6-15(14)22/h4-5,10H,6-9H2,1-3H3,(H,25,26). The summed E-state index contributed by atoms with van der Waals surface area (Å²) in [5.41, 5.74) is 3.59. The van der Waals surface area contributed by atoms with Gasteiger partial charge in [-0.05, 0) is 36.6 Å². The number of esters is 1. The highest BCUT2D eigenvalue weighted by Crippen LogP contribution is 2.24. The number of amides is 1. The summed E-state index contributed by atoms with van der Waals surface area (Å²) in [5, 5.41) is 9.05. The lowest BCUT2D eigenvalue weighted by Gasteiger charge is -2.23. The maximum Gasteiger partial charge on any atom is 0.442 e. The monoisotopic (exact) mass is 403 g/mol. The van der Waals surface area contributed by atoms with E-state index >= 15 is 0 Å². The molecule has 0 radical (unpaired) electrons. The van der Waals surface area contributed by atoms with E-state index < -0.39 is 18.0 Å². The Morgan fingerprint density at radius 2 is 1.93 bits per heavy atom. The summed E-state index contributed by atoms with van der Waals surface area (Å²) < 4.78 is 11.4. The number of carboxylic acid groups (broad SMARTS) is 1. The van der Waals surface area contributed by atoms with Gasteiger partial charge in [-0.2, -0.15) is 4.73 Å². The lowest BCUT2D eigenvalue weighted by molar-refractivity contribution is -0.168. The lowest BCUT2D eigenvalue weighted by Crippen LogP contribution is -2.36. The summed E-state index contributed by atoms with van der Waals surface area (Å²) in [7, 11) is 1.57. The first-order valence-corrected chi connectivity index (χ1v) is 8.87. The average molecular weight is 403 g/mol. The van der Waals surface area contributed by atoms with Crippen LogP contribution in [0, 0.1) is 13.8 Å². The summed E-state index contributed by atoms with van der Waals surface area (Å²) in [6.45, 7) is 4.01. The number of methoxy groups -OCH3 is 1. The van der Waals surface area contributed by atoms with E-state index in [2.05, 4.69) is 4.98 Å². The van der Waals surface area contributed by atoms with Crippen LogP contribution >= 0.6 is 0 Å². The van der Waals surface area contributed by atoms with E-state index in [4.69, 9.17) is 19.4 Å². The maximum absolute atomic E-state index is 12.1. The minimum atomic E-state index is -1.19. The number of rotatable bonds is 4. The molecule has 0 bridgehead atoms. The summed E-state index contributed by atoms with van der Waals surface area (Å²) in [6.07, 6.45) is 0.502. The summed E-state index contributed by atoms with van der Waals surface area (Å²) >= 11 is 0. The van der Waals surface area contributed by atoms with Crippen molar-refractivity contribution in [3.05, 3.63) is 46.5 Å². The molecule has 0 atom stereocenters. The molecule has 1 aliphatic rings. The van der Waals surface area contributed by atoms with Crippen LogP contribution in [-0.4, -0.2) is 51.4 Å². The van der Waals surface area contributed by atoms with E-state index in [1.54, 1.807) is 19.2 Å². The molecule has 0 fully saturated rings. The van der Waals surface area contributed by atoms with E-state index in [-0.39, 0.29) is 19.7 Å². The first-order valence-electron chi connectivity index (χ1n) is 8.87. The van der Waals surface area contributed by atoms with Gasteiger partial charge in [-0.15, -0.1) is 0 Å². The van der Waals surface area contributed by atoms with Crippen molar-refractivity contribution >= 4 is 18.0 Å². The molecule has 0 spiro atoms. The maximum atomic E-state index is 12.1. The molecule has 0 saturated heterocycles. The molecule has 29 heavy (non-hydrogen) atoms. The molecule has 2 heterocycles. The summed E-state index contributed by atoms with van der Waals surface area (Å²) in [6, 6.07) is 3.53. The second-order valence-corrected chi connectivity index (χ2v) is 6.55. The van der Waals surface area contributed by atoms with Crippen molar-refractivity contribution in [3.63, 3.8) is 0 Å². The van der Waals surface area contributed by atoms with Gasteiger partial charge >= 0.3 is 18.0 Å². The highest BCUT2D eigenvalue weighted by atomic mass is 16.7. The van der Waals surface area contributed by atoms with E-state index in [0.29, 0.717) is 17.8 Å². The van der Waals surface area contributed by atoms with Gasteiger partial charge < -0.3 is 24.3 Å². The Labute approximate surface area is 166 Å². The Balaban J connectivity index is 1.61. The summed E-state index contributed by atoms with van der Waals surface area (Å²) in [4.78, 5) is 45.4. The van der Waals surface area contributed by atoms with Crippen LogP contribution in [0.2, 0.25) is 0 Å². The predicted octanol–water partition coefficient (Wildman–Crippen LogP) is 1.24. The van der Waals surface area contributed by atoms with Gasteiger partial charge in [-0.1, -0.05) is 6.07 Å². The van der Waals surface area contributed by atoms with E-state index in [1.165, 1.54) is 11.2 Å². The molecule has 0 unspecified atom stereocenters. The van der Waals surface area contributed by atoms with Crippen molar-refractivity contribution in [2.75, 3.05) is 13.7 Å². The molecule has 1 aromatic heterocycles. The largest absolute Gasteiger partial charge is 0.496 e. The van der Waals surface area contributed by atoms with E-state index in [0.717, 1.165) is 27.2 Å². The third-order valence-corrected chi connectivity index (χ3v) is 4.92. The number of aromatic nitrogens is 2. The Kier molecular flexibility index (Phi) is 5.71. The molecule has 1 N–H and O–H groups in total. The third-order valence-electron chi connectivity index (χ3n) is 4.92.